The number of benzene rings is 1. The second kappa shape index (κ2) is 4.86. The minimum Gasteiger partial charge on any atom is -0.284 e. The Morgan fingerprint density at radius 2 is 2.06 bits per heavy atom. The van der Waals surface area contributed by atoms with Crippen LogP contribution < -0.4 is 4.31 Å². The van der Waals surface area contributed by atoms with E-state index in [1.165, 1.54) is 11.9 Å². The average Bonchev–Trinajstić information content (AvgIpc) is 2.54. The highest BCUT2D eigenvalue weighted by Gasteiger charge is 2.36. The number of hydrogen-bond acceptors (Lipinski definition) is 2. The summed E-state index contributed by atoms with van der Waals surface area (Å²) in [5.41, 5.74) is 1.83. The SMILES string of the molecule is C=C1SN(c2ccc(Cl)cc2C)C(=O)N1C(C)C. The van der Waals surface area contributed by atoms with E-state index in [0.717, 1.165) is 16.3 Å². The molecule has 0 N–H and O–H groups in total. The summed E-state index contributed by atoms with van der Waals surface area (Å²) in [5, 5.41) is 1.43. The number of hydrogen-bond donors (Lipinski definition) is 0. The minimum atomic E-state index is -0.0505. The molecular weight excluding hydrogens is 268 g/mol. The van der Waals surface area contributed by atoms with Gasteiger partial charge in [0.2, 0.25) is 0 Å². The van der Waals surface area contributed by atoms with Crippen LogP contribution in [0.5, 0.6) is 0 Å². The summed E-state index contributed by atoms with van der Waals surface area (Å²) in [7, 11) is 0. The summed E-state index contributed by atoms with van der Waals surface area (Å²) in [6.45, 7) is 9.82. The van der Waals surface area contributed by atoms with Gasteiger partial charge in [-0.3, -0.25) is 4.90 Å². The Morgan fingerprint density at radius 3 is 2.56 bits per heavy atom. The van der Waals surface area contributed by atoms with Gasteiger partial charge in [-0.2, -0.15) is 0 Å². The van der Waals surface area contributed by atoms with Crippen molar-refractivity contribution in [2.24, 2.45) is 0 Å². The normalized spacial score (nSPS) is 16.1. The van der Waals surface area contributed by atoms with Crippen LogP contribution in [0.3, 0.4) is 0 Å². The van der Waals surface area contributed by atoms with E-state index in [1.54, 1.807) is 15.3 Å². The van der Waals surface area contributed by atoms with E-state index in [-0.39, 0.29) is 12.1 Å². The number of nitrogens with zero attached hydrogens (tertiary/aromatic N) is 2. The van der Waals surface area contributed by atoms with Crippen molar-refractivity contribution in [2.45, 2.75) is 26.8 Å². The maximum Gasteiger partial charge on any atom is 0.340 e. The third-order valence-electron chi connectivity index (χ3n) is 2.74. The first kappa shape index (κ1) is 13.3. The second-order valence-corrected chi connectivity index (χ2v) is 5.91. The van der Waals surface area contributed by atoms with Crippen LogP contribution in [0, 0.1) is 6.92 Å². The maximum atomic E-state index is 12.3. The molecular formula is C13H15ClN2OS. The molecule has 5 heteroatoms. The number of carbonyl (C=O) groups is 1. The number of amides is 2. The molecule has 0 spiro atoms. The number of aryl methyl sites for hydroxylation is 1. The van der Waals surface area contributed by atoms with Crippen molar-refractivity contribution < 1.29 is 4.79 Å². The average molecular weight is 283 g/mol. The molecule has 96 valence electrons. The van der Waals surface area contributed by atoms with Gasteiger partial charge >= 0.3 is 6.03 Å². The largest absolute Gasteiger partial charge is 0.340 e. The van der Waals surface area contributed by atoms with Crippen LogP contribution in [0.2, 0.25) is 5.02 Å². The highest BCUT2D eigenvalue weighted by Crippen LogP contribution is 2.40. The molecule has 2 amide bonds. The zero-order chi connectivity index (χ0) is 13.4. The Balaban J connectivity index is 2.36. The molecule has 3 nitrogen and oxygen atoms in total. The molecule has 1 saturated heterocycles. The van der Waals surface area contributed by atoms with Crippen molar-refractivity contribution in [1.29, 1.82) is 0 Å². The lowest BCUT2D eigenvalue weighted by Crippen LogP contribution is -2.35. The van der Waals surface area contributed by atoms with Gasteiger partial charge in [0.1, 0.15) is 0 Å². The van der Waals surface area contributed by atoms with Crippen molar-refractivity contribution in [3.8, 4) is 0 Å². The fraction of sp³-hybridized carbons (Fsp3) is 0.308. The van der Waals surface area contributed by atoms with Gasteiger partial charge in [0, 0.05) is 23.0 Å². The van der Waals surface area contributed by atoms with Crippen molar-refractivity contribution in [3.05, 3.63) is 40.4 Å². The van der Waals surface area contributed by atoms with E-state index < -0.39 is 0 Å². The predicted molar refractivity (Wildman–Crippen MR) is 77.8 cm³/mol. The molecule has 0 aliphatic carbocycles. The van der Waals surface area contributed by atoms with Gasteiger partial charge in [-0.05, 0) is 44.5 Å². The van der Waals surface area contributed by atoms with Crippen LogP contribution in [-0.2, 0) is 0 Å². The predicted octanol–water partition coefficient (Wildman–Crippen LogP) is 4.42. The summed E-state index contributed by atoms with van der Waals surface area (Å²) >= 11 is 7.28. The Kier molecular flexibility index (Phi) is 3.59. The molecule has 1 aliphatic rings. The molecule has 0 saturated carbocycles. The lowest BCUT2D eigenvalue weighted by Gasteiger charge is -2.21. The van der Waals surface area contributed by atoms with Crippen LogP contribution in [0.25, 0.3) is 0 Å². The highest BCUT2D eigenvalue weighted by molar-refractivity contribution is 8.05. The fourth-order valence-electron chi connectivity index (χ4n) is 1.90. The Hall–Kier alpha value is -1.13. The van der Waals surface area contributed by atoms with Gasteiger partial charge in [-0.25, -0.2) is 9.10 Å². The van der Waals surface area contributed by atoms with Gasteiger partial charge in [-0.1, -0.05) is 18.2 Å². The molecule has 18 heavy (non-hydrogen) atoms. The molecule has 0 radical (unpaired) electrons. The molecule has 0 bridgehead atoms. The zero-order valence-electron chi connectivity index (χ0n) is 10.6. The first-order valence-corrected chi connectivity index (χ1v) is 6.83. The summed E-state index contributed by atoms with van der Waals surface area (Å²) < 4.78 is 1.66. The number of carbonyl (C=O) groups excluding carboxylic acids is 1. The maximum absolute atomic E-state index is 12.3. The molecule has 0 atom stereocenters. The van der Waals surface area contributed by atoms with Gasteiger partial charge in [0.05, 0.1) is 10.7 Å². The van der Waals surface area contributed by atoms with Gasteiger partial charge in [0.25, 0.3) is 0 Å². The quantitative estimate of drug-likeness (QED) is 0.750. The second-order valence-electron chi connectivity index (χ2n) is 4.46. The highest BCUT2D eigenvalue weighted by atomic mass is 35.5. The molecule has 1 fully saturated rings. The molecule has 2 rings (SSSR count). The Labute approximate surface area is 117 Å². The molecule has 1 heterocycles. The van der Waals surface area contributed by atoms with E-state index in [2.05, 4.69) is 6.58 Å². The van der Waals surface area contributed by atoms with Crippen molar-refractivity contribution in [1.82, 2.24) is 4.90 Å². The first-order valence-electron chi connectivity index (χ1n) is 5.68. The van der Waals surface area contributed by atoms with Crippen molar-refractivity contribution in [3.63, 3.8) is 0 Å². The Bertz CT molecular complexity index is 516. The van der Waals surface area contributed by atoms with Crippen molar-refractivity contribution >= 4 is 35.3 Å². The van der Waals surface area contributed by atoms with E-state index >= 15 is 0 Å². The van der Waals surface area contributed by atoms with Crippen LogP contribution >= 0.6 is 23.5 Å². The number of rotatable bonds is 2. The van der Waals surface area contributed by atoms with E-state index in [0.29, 0.717) is 5.02 Å². The van der Waals surface area contributed by atoms with Crippen molar-refractivity contribution in [2.75, 3.05) is 4.31 Å². The smallest absolute Gasteiger partial charge is 0.284 e. The molecule has 0 unspecified atom stereocenters. The van der Waals surface area contributed by atoms with E-state index in [9.17, 15) is 4.79 Å². The van der Waals surface area contributed by atoms with Crippen LogP contribution in [0.1, 0.15) is 19.4 Å². The van der Waals surface area contributed by atoms with E-state index in [1.807, 2.05) is 32.9 Å². The zero-order valence-corrected chi connectivity index (χ0v) is 12.2. The van der Waals surface area contributed by atoms with Crippen LogP contribution in [0.4, 0.5) is 10.5 Å². The third-order valence-corrected chi connectivity index (χ3v) is 3.92. The van der Waals surface area contributed by atoms with E-state index in [4.69, 9.17) is 11.6 Å². The molecule has 1 aliphatic heterocycles. The summed E-state index contributed by atoms with van der Waals surface area (Å²) in [6.07, 6.45) is 0. The molecule has 1 aromatic rings. The standard InChI is InChI=1S/C13H15ClN2OS/c1-8(2)15-10(4)18-16(13(15)17)12-6-5-11(14)7-9(12)3/h5-8H,4H2,1-3H3. The third kappa shape index (κ3) is 2.22. The lowest BCUT2D eigenvalue weighted by atomic mass is 10.2. The summed E-state index contributed by atoms with van der Waals surface area (Å²) in [4.78, 5) is 14.0. The Morgan fingerprint density at radius 1 is 1.39 bits per heavy atom. The summed E-state index contributed by atoms with van der Waals surface area (Å²) in [5.74, 6) is 0. The molecule has 0 aromatic heterocycles. The topological polar surface area (TPSA) is 23.6 Å². The fourth-order valence-corrected chi connectivity index (χ4v) is 3.18. The van der Waals surface area contributed by atoms with Crippen LogP contribution in [0.15, 0.2) is 29.8 Å². The first-order chi connectivity index (χ1) is 8.41. The number of anilines is 1. The monoisotopic (exact) mass is 282 g/mol. The van der Waals surface area contributed by atoms with Gasteiger partial charge in [-0.15, -0.1) is 0 Å². The van der Waals surface area contributed by atoms with Crippen LogP contribution in [-0.4, -0.2) is 17.0 Å². The number of urea groups is 1. The van der Waals surface area contributed by atoms with Gasteiger partial charge in [0.15, 0.2) is 0 Å². The minimum absolute atomic E-state index is 0.0505. The number of halogens is 1. The molecule has 1 aromatic carbocycles. The summed E-state index contributed by atoms with van der Waals surface area (Å²) in [6, 6.07) is 5.56. The van der Waals surface area contributed by atoms with Gasteiger partial charge < -0.3 is 0 Å². The lowest BCUT2D eigenvalue weighted by molar-refractivity contribution is 0.218.